The van der Waals surface area contributed by atoms with Gasteiger partial charge >= 0.3 is 0 Å². The number of hydrogen-bond acceptors (Lipinski definition) is 2. The number of nitrogens with two attached hydrogens (primary N) is 1. The standard InChI is InChI=1S/C14H26N4/c1-17-10-6-13(7-11-17)12-16-14(15)18-8-4-2-3-5-9-18/h6H,2-5,7-12H2,1H3,(H2,15,16). The molecule has 1 saturated heterocycles. The minimum Gasteiger partial charge on any atom is -0.370 e. The van der Waals surface area contributed by atoms with Gasteiger partial charge in [-0.25, -0.2) is 4.99 Å². The predicted octanol–water partition coefficient (Wildman–Crippen LogP) is 1.44. The van der Waals surface area contributed by atoms with E-state index in [-0.39, 0.29) is 0 Å². The molecular weight excluding hydrogens is 224 g/mol. The van der Waals surface area contributed by atoms with Crippen molar-refractivity contribution in [1.29, 1.82) is 0 Å². The van der Waals surface area contributed by atoms with E-state index in [0.29, 0.717) is 0 Å². The Hall–Kier alpha value is -1.03. The van der Waals surface area contributed by atoms with E-state index in [1.807, 2.05) is 0 Å². The van der Waals surface area contributed by atoms with Crippen molar-refractivity contribution >= 4 is 5.96 Å². The Morgan fingerprint density at radius 3 is 2.56 bits per heavy atom. The van der Waals surface area contributed by atoms with Crippen molar-refractivity contribution in [2.45, 2.75) is 32.1 Å². The number of likely N-dealkylation sites (N-methyl/N-ethyl adjacent to an activating group) is 1. The molecule has 0 aromatic rings. The highest BCUT2D eigenvalue weighted by Gasteiger charge is 2.11. The van der Waals surface area contributed by atoms with Gasteiger partial charge in [-0.15, -0.1) is 0 Å². The van der Waals surface area contributed by atoms with Gasteiger partial charge in [0.1, 0.15) is 0 Å². The van der Waals surface area contributed by atoms with Crippen LogP contribution in [0.15, 0.2) is 16.6 Å². The summed E-state index contributed by atoms with van der Waals surface area (Å²) in [6.45, 7) is 5.14. The third-order valence-corrected chi connectivity index (χ3v) is 3.88. The highest BCUT2D eigenvalue weighted by atomic mass is 15.2. The molecule has 2 N–H and O–H groups in total. The molecule has 2 aliphatic rings. The Morgan fingerprint density at radius 2 is 1.94 bits per heavy atom. The zero-order valence-electron chi connectivity index (χ0n) is 11.6. The van der Waals surface area contributed by atoms with Gasteiger partial charge in [-0.05, 0) is 26.3 Å². The Labute approximate surface area is 111 Å². The van der Waals surface area contributed by atoms with Crippen molar-refractivity contribution in [2.24, 2.45) is 10.7 Å². The van der Waals surface area contributed by atoms with Crippen LogP contribution in [0.4, 0.5) is 0 Å². The van der Waals surface area contributed by atoms with E-state index < -0.39 is 0 Å². The molecule has 2 heterocycles. The van der Waals surface area contributed by atoms with Gasteiger partial charge in [-0.3, -0.25) is 0 Å². The molecule has 0 saturated carbocycles. The molecule has 0 radical (unpaired) electrons. The van der Waals surface area contributed by atoms with Crippen LogP contribution < -0.4 is 5.73 Å². The lowest BCUT2D eigenvalue weighted by molar-refractivity contribution is 0.358. The van der Waals surface area contributed by atoms with Gasteiger partial charge in [0.15, 0.2) is 5.96 Å². The molecule has 4 nitrogen and oxygen atoms in total. The van der Waals surface area contributed by atoms with Crippen molar-refractivity contribution in [3.8, 4) is 0 Å². The Balaban J connectivity index is 1.84. The lowest BCUT2D eigenvalue weighted by Crippen LogP contribution is -2.38. The fourth-order valence-corrected chi connectivity index (χ4v) is 2.54. The van der Waals surface area contributed by atoms with Gasteiger partial charge in [0.25, 0.3) is 0 Å². The first kappa shape index (κ1) is 13.4. The lowest BCUT2D eigenvalue weighted by Gasteiger charge is -2.23. The monoisotopic (exact) mass is 250 g/mol. The highest BCUT2D eigenvalue weighted by Crippen LogP contribution is 2.11. The second-order valence-electron chi connectivity index (χ2n) is 5.45. The first-order valence-electron chi connectivity index (χ1n) is 7.17. The maximum atomic E-state index is 6.10. The minimum absolute atomic E-state index is 0.747. The van der Waals surface area contributed by atoms with E-state index in [4.69, 9.17) is 5.73 Å². The maximum Gasteiger partial charge on any atom is 0.191 e. The Bertz CT molecular complexity index is 314. The van der Waals surface area contributed by atoms with Crippen molar-refractivity contribution in [3.05, 3.63) is 11.6 Å². The fraction of sp³-hybridized carbons (Fsp3) is 0.786. The van der Waals surface area contributed by atoms with Crippen LogP contribution in [0.25, 0.3) is 0 Å². The van der Waals surface area contributed by atoms with E-state index in [0.717, 1.165) is 45.1 Å². The molecule has 2 rings (SSSR count). The highest BCUT2D eigenvalue weighted by molar-refractivity contribution is 5.78. The van der Waals surface area contributed by atoms with E-state index in [1.54, 1.807) is 0 Å². The summed E-state index contributed by atoms with van der Waals surface area (Å²) in [7, 11) is 2.15. The van der Waals surface area contributed by atoms with Gasteiger partial charge in [0.2, 0.25) is 0 Å². The van der Waals surface area contributed by atoms with E-state index in [1.165, 1.54) is 31.3 Å². The summed E-state index contributed by atoms with van der Waals surface area (Å²) in [4.78, 5) is 9.15. The van der Waals surface area contributed by atoms with Crippen LogP contribution in [0.2, 0.25) is 0 Å². The Morgan fingerprint density at radius 1 is 1.22 bits per heavy atom. The van der Waals surface area contributed by atoms with Crippen molar-refractivity contribution in [2.75, 3.05) is 39.8 Å². The molecule has 0 bridgehead atoms. The van der Waals surface area contributed by atoms with Gasteiger partial charge in [0.05, 0.1) is 6.54 Å². The van der Waals surface area contributed by atoms with Gasteiger partial charge in [-0.1, -0.05) is 24.5 Å². The summed E-state index contributed by atoms with van der Waals surface area (Å²) in [5, 5.41) is 0. The number of nitrogens with zero attached hydrogens (tertiary/aromatic N) is 3. The zero-order valence-corrected chi connectivity index (χ0v) is 11.6. The van der Waals surface area contributed by atoms with Crippen molar-refractivity contribution in [3.63, 3.8) is 0 Å². The number of aliphatic imine (C=N–C) groups is 1. The first-order chi connectivity index (χ1) is 8.75. The van der Waals surface area contributed by atoms with Crippen molar-refractivity contribution in [1.82, 2.24) is 9.80 Å². The maximum absolute atomic E-state index is 6.10. The fourth-order valence-electron chi connectivity index (χ4n) is 2.54. The van der Waals surface area contributed by atoms with Crippen molar-refractivity contribution < 1.29 is 0 Å². The number of guanidine groups is 1. The molecule has 0 atom stereocenters. The summed E-state index contributed by atoms with van der Waals surface area (Å²) < 4.78 is 0. The third-order valence-electron chi connectivity index (χ3n) is 3.88. The average Bonchev–Trinajstić information content (AvgIpc) is 2.66. The molecule has 0 aromatic heterocycles. The average molecular weight is 250 g/mol. The molecule has 0 aromatic carbocycles. The topological polar surface area (TPSA) is 44.9 Å². The number of hydrogen-bond donors (Lipinski definition) is 1. The van der Waals surface area contributed by atoms with Crippen LogP contribution in [-0.4, -0.2) is 55.5 Å². The molecule has 2 aliphatic heterocycles. The zero-order chi connectivity index (χ0) is 12.8. The molecule has 0 aliphatic carbocycles. The summed E-state index contributed by atoms with van der Waals surface area (Å²) in [6.07, 6.45) is 8.60. The number of likely N-dealkylation sites (tertiary alicyclic amines) is 1. The normalized spacial score (nSPS) is 23.7. The summed E-state index contributed by atoms with van der Waals surface area (Å²) in [5.74, 6) is 0.747. The summed E-state index contributed by atoms with van der Waals surface area (Å²) in [5.41, 5.74) is 7.54. The van der Waals surface area contributed by atoms with E-state index >= 15 is 0 Å². The van der Waals surface area contributed by atoms with E-state index in [2.05, 4.69) is 27.9 Å². The molecular formula is C14H26N4. The molecule has 0 spiro atoms. The summed E-state index contributed by atoms with van der Waals surface area (Å²) in [6, 6.07) is 0. The van der Waals surface area contributed by atoms with Crippen LogP contribution in [0.3, 0.4) is 0 Å². The third kappa shape index (κ3) is 4.02. The predicted molar refractivity (Wildman–Crippen MR) is 76.7 cm³/mol. The minimum atomic E-state index is 0.747. The largest absolute Gasteiger partial charge is 0.370 e. The smallest absolute Gasteiger partial charge is 0.191 e. The van der Waals surface area contributed by atoms with Gasteiger partial charge < -0.3 is 15.5 Å². The molecule has 0 amide bonds. The molecule has 0 unspecified atom stereocenters. The first-order valence-corrected chi connectivity index (χ1v) is 7.17. The molecule has 18 heavy (non-hydrogen) atoms. The SMILES string of the molecule is CN1CC=C(CN=C(N)N2CCCCCC2)CC1. The number of rotatable bonds is 2. The van der Waals surface area contributed by atoms with Crippen LogP contribution in [0.5, 0.6) is 0 Å². The lowest BCUT2D eigenvalue weighted by atomic mass is 10.1. The molecule has 1 fully saturated rings. The van der Waals surface area contributed by atoms with Gasteiger partial charge in [0, 0.05) is 26.2 Å². The Kier molecular flexibility index (Phi) is 5.05. The molecule has 4 heteroatoms. The quantitative estimate of drug-likeness (QED) is 0.458. The summed E-state index contributed by atoms with van der Waals surface area (Å²) >= 11 is 0. The second kappa shape index (κ2) is 6.78. The van der Waals surface area contributed by atoms with Crippen LogP contribution in [-0.2, 0) is 0 Å². The van der Waals surface area contributed by atoms with Crippen LogP contribution >= 0.6 is 0 Å². The van der Waals surface area contributed by atoms with Gasteiger partial charge in [-0.2, -0.15) is 0 Å². The van der Waals surface area contributed by atoms with Crippen LogP contribution in [0, 0.1) is 0 Å². The van der Waals surface area contributed by atoms with E-state index in [9.17, 15) is 0 Å². The van der Waals surface area contributed by atoms with Crippen LogP contribution in [0.1, 0.15) is 32.1 Å². The molecule has 102 valence electrons. The second-order valence-corrected chi connectivity index (χ2v) is 5.45.